The maximum atomic E-state index is 13.1. The zero-order valence-corrected chi connectivity index (χ0v) is 14.8. The van der Waals surface area contributed by atoms with E-state index in [0.717, 1.165) is 22.8 Å². The molecule has 0 saturated carbocycles. The van der Waals surface area contributed by atoms with E-state index in [1.165, 1.54) is 12.1 Å². The summed E-state index contributed by atoms with van der Waals surface area (Å²) < 4.78 is 41.4. The molecule has 0 aromatic heterocycles. The van der Waals surface area contributed by atoms with E-state index < -0.39 is 12.1 Å². The number of carbonyl (C=O) groups is 1. The van der Waals surface area contributed by atoms with Gasteiger partial charge in [0, 0.05) is 11.1 Å². The van der Waals surface area contributed by atoms with E-state index >= 15 is 0 Å². The summed E-state index contributed by atoms with van der Waals surface area (Å²) in [6.07, 6.45) is -4.81. The lowest BCUT2D eigenvalue weighted by Gasteiger charge is -2.13. The Morgan fingerprint density at radius 2 is 1.37 bits per heavy atom. The third-order valence-corrected chi connectivity index (χ3v) is 4.28. The minimum absolute atomic E-state index is 0.185. The molecule has 0 radical (unpaired) electrons. The zero-order valence-electron chi connectivity index (χ0n) is 14.8. The van der Waals surface area contributed by atoms with Crippen molar-refractivity contribution >= 4 is 5.78 Å². The summed E-state index contributed by atoms with van der Waals surface area (Å²) >= 11 is 0. The first-order valence-corrected chi connectivity index (χ1v) is 8.32. The van der Waals surface area contributed by atoms with Crippen LogP contribution in [0.25, 0.3) is 11.1 Å². The Kier molecular flexibility index (Phi) is 5.04. The molecule has 27 heavy (non-hydrogen) atoms. The maximum Gasteiger partial charge on any atom is 0.573 e. The number of rotatable bonds is 4. The highest BCUT2D eigenvalue weighted by Crippen LogP contribution is 2.28. The Hall–Kier alpha value is -3.08. The summed E-state index contributed by atoms with van der Waals surface area (Å²) in [5.41, 5.74) is 3.79. The van der Waals surface area contributed by atoms with E-state index in [4.69, 9.17) is 0 Å². The molecule has 0 bridgehead atoms. The topological polar surface area (TPSA) is 26.3 Å². The van der Waals surface area contributed by atoms with Crippen LogP contribution in [0.15, 0.2) is 66.7 Å². The average Bonchev–Trinajstić information content (AvgIpc) is 2.63. The number of benzene rings is 3. The highest BCUT2D eigenvalue weighted by Gasteiger charge is 2.31. The van der Waals surface area contributed by atoms with Crippen LogP contribution in [-0.4, -0.2) is 12.1 Å². The predicted molar refractivity (Wildman–Crippen MR) is 97.9 cm³/mol. The van der Waals surface area contributed by atoms with Gasteiger partial charge >= 0.3 is 6.36 Å². The summed E-state index contributed by atoms with van der Waals surface area (Å²) in [7, 11) is 0. The van der Waals surface area contributed by atoms with Crippen molar-refractivity contribution in [2.45, 2.75) is 20.2 Å². The maximum absolute atomic E-state index is 13.1. The van der Waals surface area contributed by atoms with Gasteiger partial charge in [-0.3, -0.25) is 4.79 Å². The normalized spacial score (nSPS) is 11.3. The molecule has 0 unspecified atom stereocenters. The zero-order chi connectivity index (χ0) is 19.6. The standard InChI is InChI=1S/C22H17F3O2/c1-14-8-10-17(16-6-4-3-5-7-16)12-19(14)21(26)20-13-18(11-9-15(20)2)27-22(23,24)25/h3-13H,1-2H3. The molecule has 138 valence electrons. The Morgan fingerprint density at radius 3 is 2.00 bits per heavy atom. The van der Waals surface area contributed by atoms with Crippen LogP contribution >= 0.6 is 0 Å². The quantitative estimate of drug-likeness (QED) is 0.519. The molecule has 3 aromatic carbocycles. The van der Waals surface area contributed by atoms with Crippen LogP contribution in [-0.2, 0) is 0 Å². The van der Waals surface area contributed by atoms with Crippen molar-refractivity contribution in [2.24, 2.45) is 0 Å². The molecule has 0 atom stereocenters. The van der Waals surface area contributed by atoms with E-state index in [-0.39, 0.29) is 11.3 Å². The SMILES string of the molecule is Cc1ccc(OC(F)(F)F)cc1C(=O)c1cc(-c2ccccc2)ccc1C. The molecular formula is C22H17F3O2. The minimum atomic E-state index is -4.81. The lowest BCUT2D eigenvalue weighted by atomic mass is 9.93. The highest BCUT2D eigenvalue weighted by molar-refractivity contribution is 6.11. The highest BCUT2D eigenvalue weighted by atomic mass is 19.4. The van der Waals surface area contributed by atoms with Crippen LogP contribution in [0.3, 0.4) is 0 Å². The van der Waals surface area contributed by atoms with Gasteiger partial charge in [0.2, 0.25) is 0 Å². The fraction of sp³-hybridized carbons (Fsp3) is 0.136. The molecule has 0 amide bonds. The third kappa shape index (κ3) is 4.37. The molecule has 0 aliphatic heterocycles. The first-order valence-electron chi connectivity index (χ1n) is 8.32. The number of alkyl halides is 3. The van der Waals surface area contributed by atoms with E-state index in [9.17, 15) is 18.0 Å². The second-order valence-corrected chi connectivity index (χ2v) is 6.25. The van der Waals surface area contributed by atoms with Crippen LogP contribution in [0.1, 0.15) is 27.0 Å². The van der Waals surface area contributed by atoms with Gasteiger partial charge in [-0.2, -0.15) is 0 Å². The number of hydrogen-bond donors (Lipinski definition) is 0. The molecule has 0 spiro atoms. The van der Waals surface area contributed by atoms with Gasteiger partial charge in [-0.25, -0.2) is 0 Å². The molecule has 3 aromatic rings. The molecule has 0 aliphatic carbocycles. The second kappa shape index (κ2) is 7.27. The lowest BCUT2D eigenvalue weighted by Crippen LogP contribution is -2.17. The van der Waals surface area contributed by atoms with E-state index in [1.807, 2.05) is 42.5 Å². The molecule has 0 N–H and O–H groups in total. The number of halogens is 3. The van der Waals surface area contributed by atoms with Crippen molar-refractivity contribution in [3.63, 3.8) is 0 Å². The number of hydrogen-bond acceptors (Lipinski definition) is 2. The van der Waals surface area contributed by atoms with Gasteiger partial charge in [0.1, 0.15) is 5.75 Å². The Labute approximate surface area is 155 Å². The van der Waals surface area contributed by atoms with Crippen LogP contribution in [0.4, 0.5) is 13.2 Å². The summed E-state index contributed by atoms with van der Waals surface area (Å²) in [6, 6.07) is 18.9. The van der Waals surface area contributed by atoms with Crippen molar-refractivity contribution < 1.29 is 22.7 Å². The summed E-state index contributed by atoms with van der Waals surface area (Å²) in [4.78, 5) is 13.1. The van der Waals surface area contributed by atoms with Crippen molar-refractivity contribution in [1.29, 1.82) is 0 Å². The number of ether oxygens (including phenoxy) is 1. The van der Waals surface area contributed by atoms with Gasteiger partial charge in [-0.15, -0.1) is 13.2 Å². The predicted octanol–water partition coefficient (Wildman–Crippen LogP) is 6.10. The molecule has 2 nitrogen and oxygen atoms in total. The Bertz CT molecular complexity index is 977. The fourth-order valence-electron chi connectivity index (χ4n) is 2.86. The summed E-state index contributed by atoms with van der Waals surface area (Å²) in [6.45, 7) is 3.48. The molecule has 0 heterocycles. The van der Waals surface area contributed by atoms with Crippen LogP contribution in [0, 0.1) is 13.8 Å². The van der Waals surface area contributed by atoms with Gasteiger partial charge in [-0.1, -0.05) is 48.5 Å². The Morgan fingerprint density at radius 1 is 0.778 bits per heavy atom. The first kappa shape index (κ1) is 18.7. The minimum Gasteiger partial charge on any atom is -0.406 e. The Balaban J connectivity index is 2.02. The number of carbonyl (C=O) groups excluding carboxylic acids is 1. The van der Waals surface area contributed by atoms with Gasteiger partial charge < -0.3 is 4.74 Å². The van der Waals surface area contributed by atoms with Crippen molar-refractivity contribution in [1.82, 2.24) is 0 Å². The van der Waals surface area contributed by atoms with Gasteiger partial charge in [-0.05, 0) is 54.3 Å². The van der Waals surface area contributed by atoms with E-state index in [0.29, 0.717) is 11.1 Å². The van der Waals surface area contributed by atoms with Gasteiger partial charge in [0.15, 0.2) is 5.78 Å². The average molecular weight is 370 g/mol. The number of aryl methyl sites for hydroxylation is 2. The van der Waals surface area contributed by atoms with Gasteiger partial charge in [0.05, 0.1) is 0 Å². The van der Waals surface area contributed by atoms with Crippen LogP contribution < -0.4 is 4.74 Å². The van der Waals surface area contributed by atoms with Crippen LogP contribution in [0.5, 0.6) is 5.75 Å². The summed E-state index contributed by atoms with van der Waals surface area (Å²) in [5.74, 6) is -0.747. The van der Waals surface area contributed by atoms with Crippen LogP contribution in [0.2, 0.25) is 0 Å². The van der Waals surface area contributed by atoms with Crippen molar-refractivity contribution in [3.05, 3.63) is 89.0 Å². The van der Waals surface area contributed by atoms with Crippen molar-refractivity contribution in [2.75, 3.05) is 0 Å². The third-order valence-electron chi connectivity index (χ3n) is 4.28. The van der Waals surface area contributed by atoms with E-state index in [1.54, 1.807) is 19.9 Å². The molecular weight excluding hydrogens is 353 g/mol. The number of ketones is 1. The fourth-order valence-corrected chi connectivity index (χ4v) is 2.86. The van der Waals surface area contributed by atoms with E-state index in [2.05, 4.69) is 4.74 Å². The first-order chi connectivity index (χ1) is 12.7. The molecule has 0 aliphatic rings. The monoisotopic (exact) mass is 370 g/mol. The lowest BCUT2D eigenvalue weighted by molar-refractivity contribution is -0.274. The van der Waals surface area contributed by atoms with Gasteiger partial charge in [0.25, 0.3) is 0 Å². The molecule has 5 heteroatoms. The summed E-state index contributed by atoms with van der Waals surface area (Å²) in [5, 5.41) is 0. The van der Waals surface area contributed by atoms with Crippen molar-refractivity contribution in [3.8, 4) is 16.9 Å². The largest absolute Gasteiger partial charge is 0.573 e. The molecule has 0 saturated heterocycles. The smallest absolute Gasteiger partial charge is 0.406 e. The molecule has 0 fully saturated rings. The molecule has 3 rings (SSSR count). The second-order valence-electron chi connectivity index (χ2n) is 6.25.